The molecule has 8 heteroatoms. The lowest BCUT2D eigenvalue weighted by Gasteiger charge is -2.10. The van der Waals surface area contributed by atoms with Gasteiger partial charge in [-0.2, -0.15) is 5.10 Å². The highest BCUT2D eigenvalue weighted by atomic mass is 32.1. The molecule has 0 bridgehead atoms. The predicted molar refractivity (Wildman–Crippen MR) is 80.0 cm³/mol. The normalized spacial score (nSPS) is 10.6. The van der Waals surface area contributed by atoms with Crippen LogP contribution in [0.2, 0.25) is 0 Å². The summed E-state index contributed by atoms with van der Waals surface area (Å²) >= 11 is 1.33. The quantitative estimate of drug-likeness (QED) is 0.793. The molecule has 0 radical (unpaired) electrons. The Bertz CT molecular complexity index is 754. The molecule has 0 saturated heterocycles. The van der Waals surface area contributed by atoms with Gasteiger partial charge in [0.15, 0.2) is 5.13 Å². The molecule has 0 spiro atoms. The van der Waals surface area contributed by atoms with Gasteiger partial charge in [-0.3, -0.25) is 0 Å². The maximum absolute atomic E-state index is 5.86. The average Bonchev–Trinajstić information content (AvgIpc) is 3.15. The van der Waals surface area contributed by atoms with Crippen molar-refractivity contribution in [3.05, 3.63) is 30.9 Å². The maximum Gasteiger partial charge on any atom is 0.182 e. The lowest BCUT2D eigenvalue weighted by atomic mass is 10.1. The molecule has 3 rings (SSSR count). The average molecular weight is 303 g/mol. The zero-order valence-electron chi connectivity index (χ0n) is 11.5. The first-order chi connectivity index (χ1) is 10.2. The van der Waals surface area contributed by atoms with Gasteiger partial charge in [0.2, 0.25) is 0 Å². The van der Waals surface area contributed by atoms with E-state index in [1.165, 1.54) is 17.7 Å². The van der Waals surface area contributed by atoms with E-state index in [9.17, 15) is 0 Å². The van der Waals surface area contributed by atoms with Crippen LogP contribution < -0.4 is 15.2 Å². The van der Waals surface area contributed by atoms with Crippen LogP contribution in [0, 0.1) is 0 Å². The fourth-order valence-electron chi connectivity index (χ4n) is 1.97. The van der Waals surface area contributed by atoms with Crippen molar-refractivity contribution >= 4 is 16.5 Å². The number of nitrogens with two attached hydrogens (primary N) is 1. The number of ether oxygens (including phenoxy) is 2. The Labute approximate surface area is 125 Å². The number of hydrogen-bond acceptors (Lipinski definition) is 7. The van der Waals surface area contributed by atoms with Crippen molar-refractivity contribution in [2.24, 2.45) is 0 Å². The summed E-state index contributed by atoms with van der Waals surface area (Å²) in [5.74, 6) is 1.39. The molecule has 2 aromatic heterocycles. The summed E-state index contributed by atoms with van der Waals surface area (Å²) in [5, 5.41) is 5.35. The number of nitrogens with zero attached hydrogens (tertiary/aromatic N) is 4. The minimum atomic E-state index is 0.445. The number of nitrogen functional groups attached to an aromatic ring is 1. The fraction of sp³-hybridized carbons (Fsp3) is 0.154. The fourth-order valence-corrected chi connectivity index (χ4v) is 2.75. The van der Waals surface area contributed by atoms with Crippen LogP contribution in [0.3, 0.4) is 0 Å². The molecule has 0 aliphatic carbocycles. The number of benzene rings is 1. The molecule has 0 amide bonds. The minimum absolute atomic E-state index is 0.445. The standard InChI is InChI=1S/C13H13N5O2S/c1-19-8-3-4-10(20-2)9(5-8)11-12(21-13(14)17-11)18-7-15-6-16-18/h3-7H,1-2H3,(H2,14,17). The summed E-state index contributed by atoms with van der Waals surface area (Å²) in [6.45, 7) is 0. The van der Waals surface area contributed by atoms with Crippen LogP contribution in [0.4, 0.5) is 5.13 Å². The Kier molecular flexibility index (Phi) is 3.44. The topological polar surface area (TPSA) is 88.1 Å². The van der Waals surface area contributed by atoms with Crippen molar-refractivity contribution in [3.63, 3.8) is 0 Å². The number of anilines is 1. The van der Waals surface area contributed by atoms with Crippen molar-refractivity contribution in [1.82, 2.24) is 19.7 Å². The van der Waals surface area contributed by atoms with Crippen molar-refractivity contribution < 1.29 is 9.47 Å². The van der Waals surface area contributed by atoms with E-state index in [1.54, 1.807) is 25.2 Å². The van der Waals surface area contributed by atoms with Gasteiger partial charge < -0.3 is 15.2 Å². The summed E-state index contributed by atoms with van der Waals surface area (Å²) in [5.41, 5.74) is 7.33. The number of aromatic nitrogens is 4. The SMILES string of the molecule is COc1ccc(OC)c(-c2nc(N)sc2-n2cncn2)c1. The van der Waals surface area contributed by atoms with Gasteiger partial charge in [0.1, 0.15) is 34.8 Å². The second-order valence-corrected chi connectivity index (χ2v) is 5.12. The van der Waals surface area contributed by atoms with E-state index in [2.05, 4.69) is 15.1 Å². The third kappa shape index (κ3) is 2.40. The summed E-state index contributed by atoms with van der Waals surface area (Å²) < 4.78 is 12.3. The summed E-state index contributed by atoms with van der Waals surface area (Å²) in [4.78, 5) is 8.35. The highest BCUT2D eigenvalue weighted by Gasteiger charge is 2.18. The van der Waals surface area contributed by atoms with Gasteiger partial charge in [0.25, 0.3) is 0 Å². The molecule has 7 nitrogen and oxygen atoms in total. The molecule has 0 unspecified atom stereocenters. The minimum Gasteiger partial charge on any atom is -0.497 e. The van der Waals surface area contributed by atoms with E-state index < -0.39 is 0 Å². The Hall–Kier alpha value is -2.61. The van der Waals surface area contributed by atoms with E-state index in [4.69, 9.17) is 15.2 Å². The summed E-state index contributed by atoms with van der Waals surface area (Å²) in [6, 6.07) is 5.51. The second kappa shape index (κ2) is 5.41. The molecule has 21 heavy (non-hydrogen) atoms. The van der Waals surface area contributed by atoms with E-state index in [1.807, 2.05) is 18.2 Å². The monoisotopic (exact) mass is 303 g/mol. The zero-order valence-corrected chi connectivity index (χ0v) is 12.3. The van der Waals surface area contributed by atoms with Gasteiger partial charge in [-0.25, -0.2) is 14.6 Å². The molecular weight excluding hydrogens is 290 g/mol. The van der Waals surface area contributed by atoms with Gasteiger partial charge in [0, 0.05) is 5.56 Å². The number of methoxy groups -OCH3 is 2. The number of rotatable bonds is 4. The molecule has 0 aliphatic rings. The molecule has 108 valence electrons. The Morgan fingerprint density at radius 3 is 2.76 bits per heavy atom. The lowest BCUT2D eigenvalue weighted by molar-refractivity contribution is 0.404. The first-order valence-electron chi connectivity index (χ1n) is 6.06. The van der Waals surface area contributed by atoms with E-state index in [0.29, 0.717) is 22.3 Å². The molecular formula is C13H13N5O2S. The third-order valence-electron chi connectivity index (χ3n) is 2.91. The smallest absolute Gasteiger partial charge is 0.182 e. The first-order valence-corrected chi connectivity index (χ1v) is 6.88. The first kappa shape index (κ1) is 13.4. The van der Waals surface area contributed by atoms with Crippen LogP contribution in [0.25, 0.3) is 16.3 Å². The van der Waals surface area contributed by atoms with Gasteiger partial charge in [-0.1, -0.05) is 11.3 Å². The van der Waals surface area contributed by atoms with Gasteiger partial charge in [-0.05, 0) is 18.2 Å². The predicted octanol–water partition coefficient (Wildman–Crippen LogP) is 1.99. The molecule has 0 saturated carbocycles. The van der Waals surface area contributed by atoms with Crippen LogP contribution in [0.1, 0.15) is 0 Å². The van der Waals surface area contributed by atoms with Crippen molar-refractivity contribution in [2.45, 2.75) is 0 Å². The largest absolute Gasteiger partial charge is 0.497 e. The van der Waals surface area contributed by atoms with Gasteiger partial charge in [0.05, 0.1) is 14.2 Å². The van der Waals surface area contributed by atoms with Gasteiger partial charge >= 0.3 is 0 Å². The maximum atomic E-state index is 5.86. The molecule has 1 aromatic carbocycles. The van der Waals surface area contributed by atoms with Crippen molar-refractivity contribution in [2.75, 3.05) is 20.0 Å². The molecule has 3 aromatic rings. The van der Waals surface area contributed by atoms with Gasteiger partial charge in [-0.15, -0.1) is 0 Å². The molecule has 2 N–H and O–H groups in total. The summed E-state index contributed by atoms with van der Waals surface area (Å²) in [6.07, 6.45) is 3.06. The zero-order chi connectivity index (χ0) is 14.8. The van der Waals surface area contributed by atoms with E-state index in [0.717, 1.165) is 10.6 Å². The van der Waals surface area contributed by atoms with E-state index in [-0.39, 0.29) is 0 Å². The van der Waals surface area contributed by atoms with Crippen LogP contribution in [-0.4, -0.2) is 34.0 Å². The van der Waals surface area contributed by atoms with Crippen LogP contribution in [0.15, 0.2) is 30.9 Å². The van der Waals surface area contributed by atoms with Crippen LogP contribution in [0.5, 0.6) is 11.5 Å². The Balaban J connectivity index is 2.21. The lowest BCUT2D eigenvalue weighted by Crippen LogP contribution is -1.96. The highest BCUT2D eigenvalue weighted by Crippen LogP contribution is 2.39. The Morgan fingerprint density at radius 1 is 1.24 bits per heavy atom. The van der Waals surface area contributed by atoms with Crippen molar-refractivity contribution in [1.29, 1.82) is 0 Å². The highest BCUT2D eigenvalue weighted by molar-refractivity contribution is 7.18. The molecule has 0 aliphatic heterocycles. The number of thiazole rings is 1. The molecule has 0 atom stereocenters. The molecule has 0 fully saturated rings. The second-order valence-electron chi connectivity index (χ2n) is 4.11. The van der Waals surface area contributed by atoms with Crippen molar-refractivity contribution in [3.8, 4) is 27.8 Å². The van der Waals surface area contributed by atoms with E-state index >= 15 is 0 Å². The molecule has 2 heterocycles. The number of hydrogen-bond donors (Lipinski definition) is 1. The third-order valence-corrected chi connectivity index (χ3v) is 3.79. The summed E-state index contributed by atoms with van der Waals surface area (Å²) in [7, 11) is 3.22. The van der Waals surface area contributed by atoms with Crippen LogP contribution in [-0.2, 0) is 0 Å². The Morgan fingerprint density at radius 2 is 2.10 bits per heavy atom. The van der Waals surface area contributed by atoms with Crippen LogP contribution >= 0.6 is 11.3 Å².